The third kappa shape index (κ3) is 8.86. The van der Waals surface area contributed by atoms with Crippen molar-refractivity contribution in [2.45, 2.75) is 70.6 Å². The first-order valence-electron chi connectivity index (χ1n) is 7.33. The van der Waals surface area contributed by atoms with Crippen molar-refractivity contribution in [1.29, 1.82) is 0 Å². The zero-order valence-corrected chi connectivity index (χ0v) is 16.8. The summed E-state index contributed by atoms with van der Waals surface area (Å²) in [6.45, 7) is 15.1. The second kappa shape index (κ2) is 9.06. The van der Waals surface area contributed by atoms with E-state index in [1.54, 1.807) is 4.90 Å². The van der Waals surface area contributed by atoms with Crippen molar-refractivity contribution in [2.24, 2.45) is 0 Å². The molecule has 0 fully saturated rings. The van der Waals surface area contributed by atoms with Crippen molar-refractivity contribution in [2.75, 3.05) is 6.54 Å². The Morgan fingerprint density at radius 2 is 1.15 bits per heavy atom. The van der Waals surface area contributed by atoms with E-state index in [9.17, 15) is 43.2 Å². The number of halogens is 6. The Morgan fingerprint density at radius 1 is 0.846 bits per heavy atom. The van der Waals surface area contributed by atoms with Gasteiger partial charge in [-0.2, -0.15) is 26.3 Å². The second-order valence-corrected chi connectivity index (χ2v) is 10.0. The van der Waals surface area contributed by atoms with Crippen LogP contribution in [0.25, 0.3) is 4.13 Å². The zero-order valence-electron chi connectivity index (χ0n) is 15.2. The van der Waals surface area contributed by atoms with Gasteiger partial charge in [0.15, 0.2) is 20.0 Å². The molecule has 160 valence electrons. The quantitative estimate of drug-likeness (QED) is 0.669. The van der Waals surface area contributed by atoms with Gasteiger partial charge in [0, 0.05) is 0 Å². The predicted octanol–water partition coefficient (Wildman–Crippen LogP) is 2.55. The van der Waals surface area contributed by atoms with Crippen molar-refractivity contribution >= 4 is 20.0 Å². The summed E-state index contributed by atoms with van der Waals surface area (Å²) >= 11 is 0. The fraction of sp³-hybridized carbons (Fsp3) is 1.00. The molecule has 0 saturated heterocycles. The van der Waals surface area contributed by atoms with Gasteiger partial charge < -0.3 is 9.03 Å². The Labute approximate surface area is 150 Å². The smallest absolute Gasteiger partial charge is 0.421 e. The first-order chi connectivity index (χ1) is 11.1. The molecular formula is C12H24F6N2O4S2. The van der Waals surface area contributed by atoms with Crippen LogP contribution in [0.2, 0.25) is 0 Å². The molecule has 0 heterocycles. The number of rotatable bonds is 5. The van der Waals surface area contributed by atoms with E-state index >= 15 is 0 Å². The first-order valence-corrected chi connectivity index (χ1v) is 10.2. The first kappa shape index (κ1) is 27.6. The van der Waals surface area contributed by atoms with Gasteiger partial charge in [0.25, 0.3) is 0 Å². The minimum atomic E-state index is -6.72. The number of sulfonamides is 2. The second-order valence-electron chi connectivity index (χ2n) is 6.60. The van der Waals surface area contributed by atoms with Crippen molar-refractivity contribution in [3.8, 4) is 0 Å². The van der Waals surface area contributed by atoms with E-state index in [1.807, 2.05) is 0 Å². The number of hydrogen-bond donors (Lipinski definition) is 1. The van der Waals surface area contributed by atoms with Crippen LogP contribution in [0, 0.1) is 0 Å². The Hall–Kier alpha value is -0.600. The van der Waals surface area contributed by atoms with E-state index < -0.39 is 31.1 Å². The molecule has 0 aromatic heterocycles. The Morgan fingerprint density at radius 3 is 1.27 bits per heavy atom. The van der Waals surface area contributed by atoms with Crippen molar-refractivity contribution in [3.05, 3.63) is 4.13 Å². The molecule has 0 rings (SSSR count). The third-order valence-corrected chi connectivity index (χ3v) is 5.70. The number of quaternary nitrogens is 1. The van der Waals surface area contributed by atoms with Gasteiger partial charge in [-0.1, -0.05) is 6.92 Å². The van der Waals surface area contributed by atoms with Crippen molar-refractivity contribution in [3.63, 3.8) is 0 Å². The molecule has 0 spiro atoms. The monoisotopic (exact) mass is 438 g/mol. The van der Waals surface area contributed by atoms with Crippen LogP contribution in [0.15, 0.2) is 0 Å². The maximum absolute atomic E-state index is 11.4. The van der Waals surface area contributed by atoms with E-state index in [4.69, 9.17) is 0 Å². The molecular weight excluding hydrogens is 414 g/mol. The summed E-state index contributed by atoms with van der Waals surface area (Å²) in [4.78, 5) is 1.71. The fourth-order valence-corrected chi connectivity index (χ4v) is 3.72. The highest BCUT2D eigenvalue weighted by molar-refractivity contribution is 8.13. The van der Waals surface area contributed by atoms with E-state index in [-0.39, 0.29) is 0 Å². The van der Waals surface area contributed by atoms with Crippen LogP contribution >= 0.6 is 0 Å². The van der Waals surface area contributed by atoms with Gasteiger partial charge >= 0.3 is 11.0 Å². The lowest BCUT2D eigenvalue weighted by Gasteiger charge is -2.35. The van der Waals surface area contributed by atoms with Crippen LogP contribution in [0.1, 0.15) is 48.0 Å². The molecule has 0 aromatic carbocycles. The molecule has 0 amide bonds. The summed E-state index contributed by atoms with van der Waals surface area (Å²) in [5, 5.41) is 0. The number of hydrogen-bond acceptors (Lipinski definition) is 4. The third-order valence-electron chi connectivity index (χ3n) is 2.96. The van der Waals surface area contributed by atoms with Gasteiger partial charge in [0.1, 0.15) is 0 Å². The lowest BCUT2D eigenvalue weighted by Crippen LogP contribution is -3.21. The molecule has 0 aliphatic rings. The minimum Gasteiger partial charge on any atom is -0.421 e. The molecule has 14 heteroatoms. The van der Waals surface area contributed by atoms with Gasteiger partial charge in [-0.05, 0) is 41.0 Å². The molecule has 0 radical (unpaired) electrons. The molecule has 1 unspecified atom stereocenters. The molecule has 6 nitrogen and oxygen atoms in total. The highest BCUT2D eigenvalue weighted by atomic mass is 32.3. The van der Waals surface area contributed by atoms with E-state index in [2.05, 4.69) is 41.5 Å². The van der Waals surface area contributed by atoms with Crippen LogP contribution in [0.5, 0.6) is 0 Å². The molecule has 0 saturated carbocycles. The number of nitrogens with zero attached hydrogens (tertiary/aromatic N) is 1. The molecule has 1 atom stereocenters. The Bertz CT molecular complexity index is 592. The average molecular weight is 438 g/mol. The predicted molar refractivity (Wildman–Crippen MR) is 84.3 cm³/mol. The standard InChI is InChI=1S/C10H23N.C2F6NO4S2/c1-7-8-11(9(2)3)10(4,5)6;3-1(4,5)14(10,11)9-15(12,13)2(6,7)8/h9H,7-8H2,1-6H3;/q;-1/p+1. The molecule has 26 heavy (non-hydrogen) atoms. The van der Waals surface area contributed by atoms with Crippen LogP contribution in [-0.4, -0.2) is 46.0 Å². The van der Waals surface area contributed by atoms with Crippen LogP contribution in [0.3, 0.4) is 0 Å². The van der Waals surface area contributed by atoms with Crippen molar-refractivity contribution < 1.29 is 48.1 Å². The summed E-state index contributed by atoms with van der Waals surface area (Å²) in [6.07, 6.45) is 1.28. The summed E-state index contributed by atoms with van der Waals surface area (Å²) < 4.78 is 109. The summed E-state index contributed by atoms with van der Waals surface area (Å²) in [7, 11) is -13.4. The highest BCUT2D eigenvalue weighted by Crippen LogP contribution is 2.36. The maximum atomic E-state index is 11.4. The number of nitrogens with one attached hydrogen (secondary N) is 1. The summed E-state index contributed by atoms with van der Waals surface area (Å²) in [6, 6.07) is 0.745. The van der Waals surface area contributed by atoms with Crippen LogP contribution in [-0.2, 0) is 20.0 Å². The number of alkyl halides is 6. The van der Waals surface area contributed by atoms with Crippen LogP contribution < -0.4 is 4.90 Å². The highest BCUT2D eigenvalue weighted by Gasteiger charge is 2.46. The van der Waals surface area contributed by atoms with E-state index in [1.165, 1.54) is 13.0 Å². The van der Waals surface area contributed by atoms with Gasteiger partial charge in [-0.25, -0.2) is 16.8 Å². The lowest BCUT2D eigenvalue weighted by atomic mass is 10.0. The van der Waals surface area contributed by atoms with Crippen molar-refractivity contribution in [1.82, 2.24) is 0 Å². The van der Waals surface area contributed by atoms with Gasteiger partial charge in [0.2, 0.25) is 0 Å². The SMILES string of the molecule is CCC[NH+](C(C)C)C(C)(C)C.O=S(=O)([N-]S(=O)(=O)C(F)(F)F)C(F)(F)F. The summed E-state index contributed by atoms with van der Waals surface area (Å²) in [5.74, 6) is 0. The normalized spacial score (nSPS) is 15.4. The maximum Gasteiger partial charge on any atom is 0.480 e. The van der Waals surface area contributed by atoms with Gasteiger partial charge in [-0.3, -0.25) is 0 Å². The molecule has 0 aliphatic heterocycles. The zero-order chi connectivity index (χ0) is 21.8. The molecule has 0 aromatic rings. The molecule has 0 aliphatic carbocycles. The fourth-order valence-electron chi connectivity index (χ4n) is 2.01. The minimum absolute atomic E-state index is 0.407. The molecule has 1 N–H and O–H groups in total. The Kier molecular flexibility index (Phi) is 9.62. The van der Waals surface area contributed by atoms with E-state index in [0.717, 1.165) is 10.2 Å². The average Bonchev–Trinajstić information content (AvgIpc) is 2.30. The van der Waals surface area contributed by atoms with Gasteiger partial charge in [0.05, 0.1) is 18.1 Å². The largest absolute Gasteiger partial charge is 0.480 e. The summed E-state index contributed by atoms with van der Waals surface area (Å²) in [5.41, 5.74) is -12.0. The topological polar surface area (TPSA) is 86.8 Å². The molecule has 0 bridgehead atoms. The van der Waals surface area contributed by atoms with Gasteiger partial charge in [-0.15, -0.1) is 0 Å². The lowest BCUT2D eigenvalue weighted by molar-refractivity contribution is -0.966. The van der Waals surface area contributed by atoms with E-state index in [0.29, 0.717) is 5.54 Å². The van der Waals surface area contributed by atoms with Crippen LogP contribution in [0.4, 0.5) is 26.3 Å². The Balaban J connectivity index is 0.